The Kier molecular flexibility index (Phi) is 3.49. The maximum absolute atomic E-state index is 12.7. The average molecular weight is 333 g/mol. The molecule has 1 aliphatic carbocycles. The Hall–Kier alpha value is -2.88. The zero-order valence-corrected chi connectivity index (χ0v) is 14.3. The van der Waals surface area contributed by atoms with Crippen molar-refractivity contribution in [2.24, 2.45) is 0 Å². The van der Waals surface area contributed by atoms with Crippen molar-refractivity contribution < 1.29 is 14.3 Å². The Morgan fingerprint density at radius 2 is 1.76 bits per heavy atom. The van der Waals surface area contributed by atoms with E-state index in [-0.39, 0.29) is 17.2 Å². The third-order valence-corrected chi connectivity index (χ3v) is 5.16. The lowest BCUT2D eigenvalue weighted by atomic mass is 9.73. The van der Waals surface area contributed by atoms with Crippen LogP contribution in [0.2, 0.25) is 0 Å². The van der Waals surface area contributed by atoms with Crippen LogP contribution >= 0.6 is 0 Å². The maximum atomic E-state index is 12.7. The molecule has 2 amide bonds. The number of imide groups is 1. The van der Waals surface area contributed by atoms with Gasteiger partial charge in [0.25, 0.3) is 11.8 Å². The van der Waals surface area contributed by atoms with Crippen LogP contribution in [0.15, 0.2) is 48.5 Å². The molecular formula is C21H19NO3. The second-order valence-corrected chi connectivity index (χ2v) is 6.86. The molecule has 1 aliphatic heterocycles. The Bertz CT molecular complexity index is 880. The van der Waals surface area contributed by atoms with Crippen molar-refractivity contribution in [3.05, 3.63) is 70.8 Å². The molecule has 0 spiro atoms. The van der Waals surface area contributed by atoms with Gasteiger partial charge in [-0.25, -0.2) is 0 Å². The van der Waals surface area contributed by atoms with E-state index in [1.165, 1.54) is 4.90 Å². The van der Waals surface area contributed by atoms with Gasteiger partial charge >= 0.3 is 0 Å². The second-order valence-electron chi connectivity index (χ2n) is 6.86. The quantitative estimate of drug-likeness (QED) is 0.805. The predicted molar refractivity (Wildman–Crippen MR) is 95.8 cm³/mol. The van der Waals surface area contributed by atoms with E-state index in [9.17, 15) is 9.59 Å². The summed E-state index contributed by atoms with van der Waals surface area (Å²) >= 11 is 0. The summed E-state index contributed by atoms with van der Waals surface area (Å²) in [6.45, 7) is 2.45. The molecule has 1 unspecified atom stereocenters. The number of hydrogen-bond acceptors (Lipinski definition) is 3. The first-order valence-corrected chi connectivity index (χ1v) is 8.34. The number of allylic oxidation sites excluding steroid dienone is 1. The smallest absolute Gasteiger partial charge is 0.261 e. The molecule has 2 aliphatic rings. The number of nitrogens with zero attached hydrogens (tertiary/aromatic N) is 1. The highest BCUT2D eigenvalue weighted by atomic mass is 16.5. The number of hydrogen-bond donors (Lipinski definition) is 0. The standard InChI is InChI=1S/C21H19NO3/c1-21(11-5-6-14-9-10-15(25-2)12-18(14)21)13-22-19(23)16-7-3-4-8-17(16)20(22)24/h3-10,12H,11,13H2,1-2H3. The molecule has 0 aromatic heterocycles. The molecule has 0 fully saturated rings. The van der Waals surface area contributed by atoms with Crippen LogP contribution in [0.3, 0.4) is 0 Å². The maximum Gasteiger partial charge on any atom is 0.261 e. The molecule has 4 rings (SSSR count). The first kappa shape index (κ1) is 15.6. The van der Waals surface area contributed by atoms with E-state index < -0.39 is 0 Å². The number of fused-ring (bicyclic) bond motifs is 2. The van der Waals surface area contributed by atoms with Crippen LogP contribution in [-0.2, 0) is 5.41 Å². The molecule has 25 heavy (non-hydrogen) atoms. The fourth-order valence-electron chi connectivity index (χ4n) is 3.77. The van der Waals surface area contributed by atoms with Crippen molar-refractivity contribution in [1.82, 2.24) is 4.90 Å². The molecule has 4 nitrogen and oxygen atoms in total. The highest BCUT2D eigenvalue weighted by Crippen LogP contribution is 2.39. The van der Waals surface area contributed by atoms with Crippen LogP contribution in [0.25, 0.3) is 6.08 Å². The minimum Gasteiger partial charge on any atom is -0.497 e. The van der Waals surface area contributed by atoms with Gasteiger partial charge < -0.3 is 4.74 Å². The molecular weight excluding hydrogens is 314 g/mol. The van der Waals surface area contributed by atoms with E-state index >= 15 is 0 Å². The van der Waals surface area contributed by atoms with Crippen LogP contribution < -0.4 is 4.74 Å². The van der Waals surface area contributed by atoms with Gasteiger partial charge in [-0.2, -0.15) is 0 Å². The number of carbonyl (C=O) groups excluding carboxylic acids is 2. The van der Waals surface area contributed by atoms with Gasteiger partial charge in [0.1, 0.15) is 5.75 Å². The average Bonchev–Trinajstić information content (AvgIpc) is 2.87. The van der Waals surface area contributed by atoms with Crippen molar-refractivity contribution >= 4 is 17.9 Å². The molecule has 4 heteroatoms. The summed E-state index contributed by atoms with van der Waals surface area (Å²) in [5.74, 6) is 0.365. The normalized spacial score (nSPS) is 21.3. The Labute approximate surface area is 146 Å². The molecule has 126 valence electrons. The van der Waals surface area contributed by atoms with Crippen molar-refractivity contribution in [2.45, 2.75) is 18.8 Å². The Balaban J connectivity index is 1.72. The zero-order chi connectivity index (χ0) is 17.6. The monoisotopic (exact) mass is 333 g/mol. The van der Waals surface area contributed by atoms with E-state index in [1.54, 1.807) is 31.4 Å². The van der Waals surface area contributed by atoms with E-state index in [2.05, 4.69) is 19.1 Å². The second kappa shape index (κ2) is 5.59. The summed E-state index contributed by atoms with van der Waals surface area (Å²) in [4.78, 5) is 26.8. The van der Waals surface area contributed by atoms with Crippen molar-refractivity contribution in [2.75, 3.05) is 13.7 Å². The lowest BCUT2D eigenvalue weighted by molar-refractivity contribution is 0.0618. The van der Waals surface area contributed by atoms with E-state index in [0.29, 0.717) is 17.7 Å². The van der Waals surface area contributed by atoms with Gasteiger partial charge in [0, 0.05) is 12.0 Å². The van der Waals surface area contributed by atoms with Gasteiger partial charge in [0.05, 0.1) is 18.2 Å². The first-order valence-electron chi connectivity index (χ1n) is 8.34. The number of carbonyl (C=O) groups is 2. The first-order chi connectivity index (χ1) is 12.0. The summed E-state index contributed by atoms with van der Waals surface area (Å²) < 4.78 is 5.36. The van der Waals surface area contributed by atoms with Crippen LogP contribution in [-0.4, -0.2) is 30.4 Å². The Morgan fingerprint density at radius 1 is 1.08 bits per heavy atom. The molecule has 0 saturated heterocycles. The molecule has 0 saturated carbocycles. The number of benzene rings is 2. The predicted octanol–water partition coefficient (Wildman–Crippen LogP) is 3.67. The van der Waals surface area contributed by atoms with Crippen LogP contribution in [0.4, 0.5) is 0 Å². The minimum absolute atomic E-state index is 0.208. The van der Waals surface area contributed by atoms with Gasteiger partial charge in [-0.05, 0) is 41.8 Å². The van der Waals surface area contributed by atoms with E-state index in [4.69, 9.17) is 4.74 Å². The molecule has 2 aromatic rings. The van der Waals surface area contributed by atoms with Gasteiger partial charge in [-0.1, -0.05) is 37.3 Å². The SMILES string of the molecule is COc1ccc2c(c1)C(C)(CN1C(=O)c3ccccc3C1=O)CC=C2. The van der Waals surface area contributed by atoms with Crippen molar-refractivity contribution in [3.8, 4) is 5.75 Å². The van der Waals surface area contributed by atoms with Crippen molar-refractivity contribution in [1.29, 1.82) is 0 Å². The van der Waals surface area contributed by atoms with Crippen LogP contribution in [0, 0.1) is 0 Å². The zero-order valence-electron chi connectivity index (χ0n) is 14.3. The van der Waals surface area contributed by atoms with Gasteiger partial charge in [0.15, 0.2) is 0 Å². The van der Waals surface area contributed by atoms with Crippen molar-refractivity contribution in [3.63, 3.8) is 0 Å². The van der Waals surface area contributed by atoms with Gasteiger partial charge in [0.2, 0.25) is 0 Å². The van der Waals surface area contributed by atoms with E-state index in [0.717, 1.165) is 23.3 Å². The van der Waals surface area contributed by atoms with Gasteiger partial charge in [-0.15, -0.1) is 0 Å². The highest BCUT2D eigenvalue weighted by molar-refractivity contribution is 6.21. The molecule has 0 bridgehead atoms. The van der Waals surface area contributed by atoms with E-state index in [1.807, 2.05) is 18.2 Å². The lowest BCUT2D eigenvalue weighted by Crippen LogP contribution is -2.42. The number of rotatable bonds is 3. The largest absolute Gasteiger partial charge is 0.497 e. The summed E-state index contributed by atoms with van der Waals surface area (Å²) in [6, 6.07) is 13.0. The topological polar surface area (TPSA) is 46.6 Å². The highest BCUT2D eigenvalue weighted by Gasteiger charge is 2.41. The molecule has 0 N–H and O–H groups in total. The summed E-state index contributed by atoms with van der Waals surface area (Å²) in [5.41, 5.74) is 2.85. The number of methoxy groups -OCH3 is 1. The van der Waals surface area contributed by atoms with Crippen LogP contribution in [0.5, 0.6) is 5.75 Å². The number of amides is 2. The minimum atomic E-state index is -0.341. The summed E-state index contributed by atoms with van der Waals surface area (Å²) in [5, 5.41) is 0. The number of ether oxygens (including phenoxy) is 1. The summed E-state index contributed by atoms with van der Waals surface area (Å²) in [6.07, 6.45) is 4.95. The summed E-state index contributed by atoms with van der Waals surface area (Å²) in [7, 11) is 1.64. The fourth-order valence-corrected chi connectivity index (χ4v) is 3.77. The van der Waals surface area contributed by atoms with Gasteiger partial charge in [-0.3, -0.25) is 14.5 Å². The fraction of sp³-hybridized carbons (Fsp3) is 0.238. The molecule has 0 radical (unpaired) electrons. The third kappa shape index (κ3) is 2.37. The third-order valence-electron chi connectivity index (χ3n) is 5.16. The van der Waals surface area contributed by atoms with Crippen LogP contribution in [0.1, 0.15) is 45.2 Å². The lowest BCUT2D eigenvalue weighted by Gasteiger charge is -2.36. The molecule has 1 atom stereocenters. The molecule has 1 heterocycles. The molecule has 2 aromatic carbocycles. The Morgan fingerprint density at radius 3 is 2.40 bits per heavy atom.